The van der Waals surface area contributed by atoms with Crippen LogP contribution in [0.2, 0.25) is 0 Å². The van der Waals surface area contributed by atoms with Crippen LogP contribution in [0.1, 0.15) is 25.7 Å². The molecule has 2 N–H and O–H groups in total. The van der Waals surface area contributed by atoms with Gasteiger partial charge in [-0.25, -0.2) is 4.79 Å². The fourth-order valence-corrected chi connectivity index (χ4v) is 2.00. The Morgan fingerprint density at radius 3 is 2.94 bits per heavy atom. The molecule has 1 rings (SSSR count). The van der Waals surface area contributed by atoms with Crippen molar-refractivity contribution in [2.45, 2.75) is 31.7 Å². The van der Waals surface area contributed by atoms with Gasteiger partial charge < -0.3 is 14.7 Å². The highest BCUT2D eigenvalue weighted by atomic mass is 16.5. The van der Waals surface area contributed by atoms with Gasteiger partial charge in [0, 0.05) is 20.1 Å². The second-order valence-electron chi connectivity index (χ2n) is 4.12. The van der Waals surface area contributed by atoms with Crippen molar-refractivity contribution < 1.29 is 19.4 Å². The predicted molar refractivity (Wildman–Crippen MR) is 61.5 cm³/mol. The zero-order chi connectivity index (χ0) is 12.7. The van der Waals surface area contributed by atoms with Crippen molar-refractivity contribution in [1.29, 1.82) is 0 Å². The number of hydrogen-bond acceptors (Lipinski definition) is 4. The van der Waals surface area contributed by atoms with Crippen molar-refractivity contribution in [2.75, 3.05) is 26.9 Å². The predicted octanol–water partition coefficient (Wildman–Crippen LogP) is 0.0357. The average Bonchev–Trinajstić information content (AvgIpc) is 2.77. The Balaban J connectivity index is 2.25. The Bertz CT molecular complexity index is 270. The zero-order valence-corrected chi connectivity index (χ0v) is 10.1. The monoisotopic (exact) mass is 244 g/mol. The van der Waals surface area contributed by atoms with Crippen LogP contribution in [-0.4, -0.2) is 54.9 Å². The second kappa shape index (κ2) is 7.24. The minimum atomic E-state index is -0.895. The Morgan fingerprint density at radius 2 is 2.29 bits per heavy atom. The molecular formula is C11H20N2O4. The summed E-state index contributed by atoms with van der Waals surface area (Å²) in [5.41, 5.74) is 0. The Hall–Kier alpha value is -1.14. The number of rotatable bonds is 7. The van der Waals surface area contributed by atoms with Crippen LogP contribution < -0.4 is 5.32 Å². The average molecular weight is 244 g/mol. The summed E-state index contributed by atoms with van der Waals surface area (Å²) in [6.45, 7) is 1.74. The first-order valence-electron chi connectivity index (χ1n) is 5.88. The third-order valence-corrected chi connectivity index (χ3v) is 2.85. The Kier molecular flexibility index (Phi) is 5.93. The van der Waals surface area contributed by atoms with E-state index in [4.69, 9.17) is 9.84 Å². The normalized spacial score (nSPS) is 19.6. The number of ether oxygens (including phenoxy) is 1. The van der Waals surface area contributed by atoms with Crippen LogP contribution in [0, 0.1) is 0 Å². The molecule has 0 radical (unpaired) electrons. The number of hydrogen-bond donors (Lipinski definition) is 2. The highest BCUT2D eigenvalue weighted by Gasteiger charge is 2.33. The molecule has 0 aromatic carbocycles. The zero-order valence-electron chi connectivity index (χ0n) is 10.1. The van der Waals surface area contributed by atoms with E-state index in [1.165, 1.54) is 4.90 Å². The standard InChI is InChI=1S/C11H20N2O4/c1-17-8-12-6-2-5-10(14)13-7-3-4-9(13)11(15)16/h9,12H,2-8H2,1H3,(H,15,16)/t9-/m1/s1. The van der Waals surface area contributed by atoms with Gasteiger partial charge in [0.2, 0.25) is 5.91 Å². The molecule has 1 amide bonds. The van der Waals surface area contributed by atoms with Gasteiger partial charge in [-0.2, -0.15) is 0 Å². The molecular weight excluding hydrogens is 224 g/mol. The lowest BCUT2D eigenvalue weighted by atomic mass is 10.2. The van der Waals surface area contributed by atoms with Crippen molar-refractivity contribution >= 4 is 11.9 Å². The third-order valence-electron chi connectivity index (χ3n) is 2.85. The molecule has 0 aliphatic carbocycles. The van der Waals surface area contributed by atoms with Crippen LogP contribution in [0.4, 0.5) is 0 Å². The molecule has 98 valence electrons. The van der Waals surface area contributed by atoms with E-state index in [0.717, 1.165) is 6.42 Å². The number of nitrogens with one attached hydrogen (secondary N) is 1. The molecule has 1 aliphatic rings. The molecule has 0 saturated carbocycles. The summed E-state index contributed by atoms with van der Waals surface area (Å²) in [6, 6.07) is -0.616. The number of carboxylic acids is 1. The third kappa shape index (κ3) is 4.32. The van der Waals surface area contributed by atoms with Crippen LogP contribution >= 0.6 is 0 Å². The number of carbonyl (C=O) groups excluding carboxylic acids is 1. The lowest BCUT2D eigenvalue weighted by Gasteiger charge is -2.21. The fraction of sp³-hybridized carbons (Fsp3) is 0.818. The number of carbonyl (C=O) groups is 2. The van der Waals surface area contributed by atoms with Crippen LogP contribution in [-0.2, 0) is 14.3 Å². The van der Waals surface area contributed by atoms with E-state index in [1.54, 1.807) is 7.11 Å². The van der Waals surface area contributed by atoms with Crippen LogP contribution in [0.25, 0.3) is 0 Å². The van der Waals surface area contributed by atoms with Gasteiger partial charge in [-0.15, -0.1) is 0 Å². The van der Waals surface area contributed by atoms with Gasteiger partial charge in [0.1, 0.15) is 6.04 Å². The summed E-state index contributed by atoms with van der Waals surface area (Å²) < 4.78 is 4.81. The largest absolute Gasteiger partial charge is 0.480 e. The van der Waals surface area contributed by atoms with Gasteiger partial charge in [0.05, 0.1) is 6.73 Å². The van der Waals surface area contributed by atoms with E-state index in [9.17, 15) is 9.59 Å². The van der Waals surface area contributed by atoms with Crippen molar-refractivity contribution in [3.63, 3.8) is 0 Å². The molecule has 0 unspecified atom stereocenters. The molecule has 6 heteroatoms. The maximum absolute atomic E-state index is 11.8. The molecule has 0 aromatic heterocycles. The first-order valence-corrected chi connectivity index (χ1v) is 5.88. The van der Waals surface area contributed by atoms with Crippen LogP contribution in [0.5, 0.6) is 0 Å². The summed E-state index contributed by atoms with van der Waals surface area (Å²) in [7, 11) is 1.60. The fourth-order valence-electron chi connectivity index (χ4n) is 2.00. The summed E-state index contributed by atoms with van der Waals surface area (Å²) in [5.74, 6) is -0.956. The van der Waals surface area contributed by atoms with E-state index in [2.05, 4.69) is 5.32 Å². The van der Waals surface area contributed by atoms with E-state index in [1.807, 2.05) is 0 Å². The van der Waals surface area contributed by atoms with Crippen LogP contribution in [0.15, 0.2) is 0 Å². The Morgan fingerprint density at radius 1 is 1.53 bits per heavy atom. The number of aliphatic carboxylic acids is 1. The maximum atomic E-state index is 11.8. The van der Waals surface area contributed by atoms with Gasteiger partial charge in [-0.05, 0) is 25.8 Å². The number of amides is 1. The molecule has 0 aromatic rings. The molecule has 17 heavy (non-hydrogen) atoms. The van der Waals surface area contributed by atoms with E-state index in [-0.39, 0.29) is 5.91 Å². The lowest BCUT2D eigenvalue weighted by Crippen LogP contribution is -2.40. The highest BCUT2D eigenvalue weighted by Crippen LogP contribution is 2.18. The molecule has 1 heterocycles. The number of nitrogens with zero attached hydrogens (tertiary/aromatic N) is 1. The van der Waals surface area contributed by atoms with Crippen molar-refractivity contribution in [3.05, 3.63) is 0 Å². The molecule has 1 aliphatic heterocycles. The second-order valence-corrected chi connectivity index (χ2v) is 4.12. The molecule has 1 saturated heterocycles. The number of carboxylic acid groups (broad SMARTS) is 1. The van der Waals surface area contributed by atoms with Gasteiger partial charge in [-0.3, -0.25) is 10.1 Å². The quantitative estimate of drug-likeness (QED) is 0.488. The van der Waals surface area contributed by atoms with E-state index < -0.39 is 12.0 Å². The van der Waals surface area contributed by atoms with Crippen LogP contribution in [0.3, 0.4) is 0 Å². The SMILES string of the molecule is COCNCCCC(=O)N1CCC[C@@H]1C(=O)O. The summed E-state index contributed by atoms with van der Waals surface area (Å²) in [4.78, 5) is 24.2. The molecule has 6 nitrogen and oxygen atoms in total. The molecule has 1 atom stereocenters. The van der Waals surface area contributed by atoms with Crippen molar-refractivity contribution in [1.82, 2.24) is 10.2 Å². The van der Waals surface area contributed by atoms with Gasteiger partial charge in [0.15, 0.2) is 0 Å². The first-order chi connectivity index (χ1) is 8.16. The topological polar surface area (TPSA) is 78.9 Å². The minimum absolute atomic E-state index is 0.0610. The Labute approximate surface area is 101 Å². The number of methoxy groups -OCH3 is 1. The van der Waals surface area contributed by atoms with Crippen molar-refractivity contribution in [3.8, 4) is 0 Å². The number of likely N-dealkylation sites (tertiary alicyclic amines) is 1. The lowest BCUT2D eigenvalue weighted by molar-refractivity contribution is -0.148. The van der Waals surface area contributed by atoms with Gasteiger partial charge in [-0.1, -0.05) is 0 Å². The van der Waals surface area contributed by atoms with E-state index >= 15 is 0 Å². The first kappa shape index (κ1) is 13.9. The molecule has 0 spiro atoms. The maximum Gasteiger partial charge on any atom is 0.326 e. The van der Waals surface area contributed by atoms with E-state index in [0.29, 0.717) is 39.1 Å². The highest BCUT2D eigenvalue weighted by molar-refractivity contribution is 5.84. The molecule has 1 fully saturated rings. The summed E-state index contributed by atoms with van der Waals surface area (Å²) in [6.07, 6.45) is 2.44. The van der Waals surface area contributed by atoms with Crippen molar-refractivity contribution in [2.24, 2.45) is 0 Å². The van der Waals surface area contributed by atoms with Gasteiger partial charge >= 0.3 is 5.97 Å². The minimum Gasteiger partial charge on any atom is -0.480 e. The van der Waals surface area contributed by atoms with Gasteiger partial charge in [0.25, 0.3) is 0 Å². The summed E-state index contributed by atoms with van der Waals surface area (Å²) >= 11 is 0. The molecule has 0 bridgehead atoms. The smallest absolute Gasteiger partial charge is 0.326 e. The summed E-state index contributed by atoms with van der Waals surface area (Å²) in [5, 5.41) is 12.0.